The molecule has 2 aromatic carbocycles. The normalized spacial score (nSPS) is 13.7. The summed E-state index contributed by atoms with van der Waals surface area (Å²) < 4.78 is 5.51. The number of hydrogen-bond acceptors (Lipinski definition) is 2. The number of nitrogens with zero attached hydrogens (tertiary/aromatic N) is 1. The first-order chi connectivity index (χ1) is 12.6. The van der Waals surface area contributed by atoms with Crippen LogP contribution in [0.2, 0.25) is 5.02 Å². The monoisotopic (exact) mass is 368 g/mol. The van der Waals surface area contributed by atoms with Crippen molar-refractivity contribution < 1.29 is 9.53 Å². The summed E-state index contributed by atoms with van der Waals surface area (Å²) in [6.07, 6.45) is 4.04. The molecule has 0 atom stereocenters. The molecule has 0 aliphatic carbocycles. The molecule has 4 rings (SSSR count). The van der Waals surface area contributed by atoms with Crippen LogP contribution in [0.25, 0.3) is 10.9 Å². The Morgan fingerprint density at radius 2 is 2.15 bits per heavy atom. The quantitative estimate of drug-likeness (QED) is 0.730. The van der Waals surface area contributed by atoms with Crippen LogP contribution in [0.15, 0.2) is 36.5 Å². The van der Waals surface area contributed by atoms with Crippen LogP contribution in [0.4, 0.5) is 5.69 Å². The van der Waals surface area contributed by atoms with Gasteiger partial charge in [0.1, 0.15) is 5.75 Å². The summed E-state index contributed by atoms with van der Waals surface area (Å²) in [4.78, 5) is 18.2. The number of aromatic amines is 1. The number of rotatable bonds is 3. The Hall–Kier alpha value is -2.46. The highest BCUT2D eigenvalue weighted by atomic mass is 35.5. The number of aromatic nitrogens is 1. The summed E-state index contributed by atoms with van der Waals surface area (Å²) in [6.45, 7) is 2.75. The van der Waals surface area contributed by atoms with E-state index in [4.69, 9.17) is 16.3 Å². The Bertz CT molecular complexity index is 993. The molecule has 0 fully saturated rings. The van der Waals surface area contributed by atoms with Crippen molar-refractivity contribution in [1.29, 1.82) is 0 Å². The van der Waals surface area contributed by atoms with E-state index in [0.717, 1.165) is 40.6 Å². The van der Waals surface area contributed by atoms with E-state index in [2.05, 4.69) is 30.1 Å². The first-order valence-electron chi connectivity index (χ1n) is 8.81. The average molecular weight is 369 g/mol. The Balaban J connectivity index is 1.69. The Morgan fingerprint density at radius 1 is 1.31 bits per heavy atom. The van der Waals surface area contributed by atoms with Gasteiger partial charge in [0.25, 0.3) is 0 Å². The number of carbonyl (C=O) groups is 1. The number of methoxy groups -OCH3 is 1. The number of hydrogen-bond donors (Lipinski definition) is 1. The third-order valence-electron chi connectivity index (χ3n) is 5.05. The van der Waals surface area contributed by atoms with Gasteiger partial charge in [0.05, 0.1) is 19.2 Å². The minimum Gasteiger partial charge on any atom is -0.495 e. The summed E-state index contributed by atoms with van der Waals surface area (Å²) in [7, 11) is 1.63. The minimum absolute atomic E-state index is 0.0630. The van der Waals surface area contributed by atoms with E-state index in [0.29, 0.717) is 23.7 Å². The summed E-state index contributed by atoms with van der Waals surface area (Å²) >= 11 is 6.38. The van der Waals surface area contributed by atoms with Crippen LogP contribution in [-0.2, 0) is 17.6 Å². The van der Waals surface area contributed by atoms with E-state index in [-0.39, 0.29) is 5.91 Å². The van der Waals surface area contributed by atoms with E-state index in [9.17, 15) is 4.79 Å². The summed E-state index contributed by atoms with van der Waals surface area (Å²) in [5.41, 5.74) is 5.10. The van der Waals surface area contributed by atoms with Crippen molar-refractivity contribution in [2.45, 2.75) is 26.2 Å². The third kappa shape index (κ3) is 2.84. The number of anilines is 1. The van der Waals surface area contributed by atoms with Crippen LogP contribution in [0, 0.1) is 6.92 Å². The topological polar surface area (TPSA) is 45.3 Å². The average Bonchev–Trinajstić information content (AvgIpc) is 3.03. The van der Waals surface area contributed by atoms with E-state index in [1.165, 1.54) is 5.56 Å². The van der Waals surface area contributed by atoms with Crippen LogP contribution in [-0.4, -0.2) is 24.5 Å². The highest BCUT2D eigenvalue weighted by molar-refractivity contribution is 6.32. The molecule has 1 aliphatic heterocycles. The molecule has 26 heavy (non-hydrogen) atoms. The fourth-order valence-electron chi connectivity index (χ4n) is 3.77. The lowest BCUT2D eigenvalue weighted by atomic mass is 9.99. The van der Waals surface area contributed by atoms with E-state index >= 15 is 0 Å². The van der Waals surface area contributed by atoms with Crippen molar-refractivity contribution >= 4 is 34.1 Å². The van der Waals surface area contributed by atoms with E-state index in [1.54, 1.807) is 7.11 Å². The zero-order chi connectivity index (χ0) is 18.3. The smallest absolute Gasteiger partial charge is 0.231 e. The Kier molecular flexibility index (Phi) is 4.37. The van der Waals surface area contributed by atoms with Crippen LogP contribution >= 0.6 is 11.6 Å². The van der Waals surface area contributed by atoms with Gasteiger partial charge in [-0.2, -0.15) is 0 Å². The zero-order valence-electron chi connectivity index (χ0n) is 14.9. The standard InChI is InChI=1S/C21H21ClN2O2/c1-13-5-6-15-14(12-23-18(15)10-13)11-20(25)24-9-3-4-16-17(22)7-8-19(26-2)21(16)24/h5-8,10,12,23H,3-4,9,11H2,1-2H3. The molecule has 3 aromatic rings. The predicted molar refractivity (Wildman–Crippen MR) is 105 cm³/mol. The van der Waals surface area contributed by atoms with Gasteiger partial charge in [0.2, 0.25) is 5.91 Å². The van der Waals surface area contributed by atoms with Crippen molar-refractivity contribution in [1.82, 2.24) is 4.98 Å². The van der Waals surface area contributed by atoms with Crippen molar-refractivity contribution in [2.24, 2.45) is 0 Å². The van der Waals surface area contributed by atoms with Crippen molar-refractivity contribution in [2.75, 3.05) is 18.6 Å². The molecule has 134 valence electrons. The highest BCUT2D eigenvalue weighted by Crippen LogP contribution is 2.40. The first-order valence-corrected chi connectivity index (χ1v) is 9.18. The molecule has 1 N–H and O–H groups in total. The Morgan fingerprint density at radius 3 is 2.96 bits per heavy atom. The summed E-state index contributed by atoms with van der Waals surface area (Å²) in [6, 6.07) is 9.92. The van der Waals surface area contributed by atoms with Gasteiger partial charge in [-0.25, -0.2) is 0 Å². The highest BCUT2D eigenvalue weighted by Gasteiger charge is 2.28. The number of H-pyrrole nitrogens is 1. The first kappa shape index (κ1) is 17.0. The number of ether oxygens (including phenoxy) is 1. The number of nitrogens with one attached hydrogen (secondary N) is 1. The molecule has 0 radical (unpaired) electrons. The molecule has 1 aliphatic rings. The maximum Gasteiger partial charge on any atom is 0.231 e. The molecule has 5 heteroatoms. The second kappa shape index (κ2) is 6.69. The number of halogens is 1. The van der Waals surface area contributed by atoms with E-state index in [1.807, 2.05) is 23.2 Å². The number of benzene rings is 2. The molecule has 1 amide bonds. The number of amides is 1. The third-order valence-corrected chi connectivity index (χ3v) is 5.41. The maximum atomic E-state index is 13.1. The molecule has 0 saturated carbocycles. The fraction of sp³-hybridized carbons (Fsp3) is 0.286. The second-order valence-corrected chi connectivity index (χ2v) is 7.17. The molecular formula is C21H21ClN2O2. The van der Waals surface area contributed by atoms with Gasteiger partial charge >= 0.3 is 0 Å². The van der Waals surface area contributed by atoms with Crippen molar-refractivity contribution in [3.8, 4) is 5.75 Å². The van der Waals surface area contributed by atoms with Crippen LogP contribution < -0.4 is 9.64 Å². The van der Waals surface area contributed by atoms with Gasteiger partial charge in [-0.3, -0.25) is 4.79 Å². The van der Waals surface area contributed by atoms with Gasteiger partial charge in [0, 0.05) is 28.7 Å². The molecular weight excluding hydrogens is 348 g/mol. The number of aryl methyl sites for hydroxylation is 1. The Labute approximate surface area is 157 Å². The lowest BCUT2D eigenvalue weighted by Crippen LogP contribution is -2.37. The molecule has 0 saturated heterocycles. The zero-order valence-corrected chi connectivity index (χ0v) is 15.7. The van der Waals surface area contributed by atoms with Crippen LogP contribution in [0.5, 0.6) is 5.75 Å². The number of fused-ring (bicyclic) bond motifs is 2. The van der Waals surface area contributed by atoms with Crippen LogP contribution in [0.1, 0.15) is 23.1 Å². The maximum absolute atomic E-state index is 13.1. The largest absolute Gasteiger partial charge is 0.495 e. The van der Waals surface area contributed by atoms with Gasteiger partial charge in [-0.05, 0) is 54.7 Å². The van der Waals surface area contributed by atoms with Crippen LogP contribution in [0.3, 0.4) is 0 Å². The minimum atomic E-state index is 0.0630. The van der Waals surface area contributed by atoms with Gasteiger partial charge in [0.15, 0.2) is 0 Å². The molecule has 0 bridgehead atoms. The van der Waals surface area contributed by atoms with Gasteiger partial charge < -0.3 is 14.6 Å². The fourth-order valence-corrected chi connectivity index (χ4v) is 4.02. The number of carbonyl (C=O) groups excluding carboxylic acids is 1. The molecule has 0 unspecified atom stereocenters. The second-order valence-electron chi connectivity index (χ2n) is 6.77. The lowest BCUT2D eigenvalue weighted by Gasteiger charge is -2.31. The summed E-state index contributed by atoms with van der Waals surface area (Å²) in [5, 5.41) is 1.79. The lowest BCUT2D eigenvalue weighted by molar-refractivity contribution is -0.118. The summed E-state index contributed by atoms with van der Waals surface area (Å²) in [5.74, 6) is 0.764. The van der Waals surface area contributed by atoms with Gasteiger partial charge in [-0.1, -0.05) is 23.7 Å². The van der Waals surface area contributed by atoms with Gasteiger partial charge in [-0.15, -0.1) is 0 Å². The van der Waals surface area contributed by atoms with Crippen molar-refractivity contribution in [3.05, 3.63) is 58.2 Å². The predicted octanol–water partition coefficient (Wildman–Crippen LogP) is 4.66. The SMILES string of the molecule is COc1ccc(Cl)c2c1N(C(=O)Cc1c[nH]c3cc(C)ccc13)CCC2. The van der Waals surface area contributed by atoms with Crippen molar-refractivity contribution in [3.63, 3.8) is 0 Å². The van der Waals surface area contributed by atoms with E-state index < -0.39 is 0 Å². The molecule has 2 heterocycles. The molecule has 1 aromatic heterocycles. The molecule has 0 spiro atoms. The molecule has 4 nitrogen and oxygen atoms in total.